The summed E-state index contributed by atoms with van der Waals surface area (Å²) in [6.45, 7) is 1.44. The van der Waals surface area contributed by atoms with Gasteiger partial charge in [0.05, 0.1) is 5.02 Å². The Bertz CT molecular complexity index is 862. The molecule has 0 unspecified atom stereocenters. The van der Waals surface area contributed by atoms with Crippen molar-refractivity contribution in [3.8, 4) is 5.75 Å². The molecule has 0 bridgehead atoms. The molecule has 0 saturated heterocycles. The highest BCUT2D eigenvalue weighted by Crippen LogP contribution is 2.28. The van der Waals surface area contributed by atoms with Crippen LogP contribution in [0.25, 0.3) is 0 Å². The molecule has 3 aromatic rings. The number of hydrogen-bond donors (Lipinski definition) is 1. The van der Waals surface area contributed by atoms with E-state index in [-0.39, 0.29) is 18.3 Å². The molecular weight excluding hydrogens is 377 g/mol. The Labute approximate surface area is 160 Å². The van der Waals surface area contributed by atoms with Gasteiger partial charge < -0.3 is 14.5 Å². The molecule has 0 aliphatic rings. The van der Waals surface area contributed by atoms with Crippen LogP contribution in [0.2, 0.25) is 10.0 Å². The van der Waals surface area contributed by atoms with Crippen LogP contribution in [0.4, 0.5) is 0 Å². The Hall–Kier alpha value is -2.44. The first-order valence-corrected chi connectivity index (χ1v) is 8.79. The standard InChI is InChI=1S/C18H17Cl2N3O3/c19-13-3-5-16(15(20)11-13)25-12-14-4-6-17(26-14)18(24)21-7-1-9-23-10-2-8-22-23/h2-6,8,10-11H,1,7,9,12H2,(H,21,24). The summed E-state index contributed by atoms with van der Waals surface area (Å²) >= 11 is 11.9. The van der Waals surface area contributed by atoms with Crippen molar-refractivity contribution >= 4 is 29.1 Å². The minimum Gasteiger partial charge on any atom is -0.484 e. The Morgan fingerprint density at radius 1 is 1.27 bits per heavy atom. The summed E-state index contributed by atoms with van der Waals surface area (Å²) in [5, 5.41) is 7.87. The number of rotatable bonds is 8. The number of carbonyl (C=O) groups excluding carboxylic acids is 1. The molecule has 0 aliphatic carbocycles. The SMILES string of the molecule is O=C(NCCCn1cccn1)c1ccc(COc2ccc(Cl)cc2Cl)o1. The second-order valence-electron chi connectivity index (χ2n) is 5.51. The van der Waals surface area contributed by atoms with E-state index in [1.54, 1.807) is 36.5 Å². The third-order valence-electron chi connectivity index (χ3n) is 3.56. The van der Waals surface area contributed by atoms with Crippen molar-refractivity contribution in [2.24, 2.45) is 0 Å². The molecule has 1 aromatic carbocycles. The van der Waals surface area contributed by atoms with Gasteiger partial charge in [-0.3, -0.25) is 9.48 Å². The largest absolute Gasteiger partial charge is 0.484 e. The Balaban J connectivity index is 1.45. The first-order valence-electron chi connectivity index (χ1n) is 8.04. The average Bonchev–Trinajstić information content (AvgIpc) is 3.29. The number of nitrogens with zero attached hydrogens (tertiary/aromatic N) is 2. The third kappa shape index (κ3) is 5.03. The summed E-state index contributed by atoms with van der Waals surface area (Å²) in [7, 11) is 0. The minimum absolute atomic E-state index is 0.161. The fourth-order valence-electron chi connectivity index (χ4n) is 2.28. The number of hydrogen-bond acceptors (Lipinski definition) is 4. The van der Waals surface area contributed by atoms with Gasteiger partial charge in [0.15, 0.2) is 5.76 Å². The molecule has 0 radical (unpaired) electrons. The first-order chi connectivity index (χ1) is 12.6. The number of amides is 1. The fourth-order valence-corrected chi connectivity index (χ4v) is 2.74. The lowest BCUT2D eigenvalue weighted by Crippen LogP contribution is -2.24. The number of furan rings is 1. The maximum Gasteiger partial charge on any atom is 0.286 e. The van der Waals surface area contributed by atoms with E-state index < -0.39 is 0 Å². The predicted octanol–water partition coefficient (Wildman–Crippen LogP) is 4.18. The van der Waals surface area contributed by atoms with Crippen LogP contribution < -0.4 is 10.1 Å². The van der Waals surface area contributed by atoms with Gasteiger partial charge in [-0.1, -0.05) is 23.2 Å². The Morgan fingerprint density at radius 2 is 2.15 bits per heavy atom. The molecule has 0 saturated carbocycles. The zero-order valence-corrected chi connectivity index (χ0v) is 15.3. The smallest absolute Gasteiger partial charge is 0.286 e. The van der Waals surface area contributed by atoms with E-state index >= 15 is 0 Å². The third-order valence-corrected chi connectivity index (χ3v) is 4.09. The van der Waals surface area contributed by atoms with Gasteiger partial charge in [0.25, 0.3) is 5.91 Å². The van der Waals surface area contributed by atoms with Crippen molar-refractivity contribution in [2.75, 3.05) is 6.54 Å². The molecule has 0 spiro atoms. The maximum atomic E-state index is 12.1. The number of ether oxygens (including phenoxy) is 1. The summed E-state index contributed by atoms with van der Waals surface area (Å²) in [5.74, 6) is 1.00. The molecule has 3 rings (SSSR count). The Morgan fingerprint density at radius 3 is 2.92 bits per heavy atom. The molecule has 1 amide bonds. The van der Waals surface area contributed by atoms with Crippen molar-refractivity contribution in [1.82, 2.24) is 15.1 Å². The van der Waals surface area contributed by atoms with Crippen LogP contribution in [0.15, 0.2) is 53.2 Å². The molecule has 2 aromatic heterocycles. The van der Waals surface area contributed by atoms with Gasteiger partial charge in [0, 0.05) is 30.5 Å². The van der Waals surface area contributed by atoms with Crippen LogP contribution in [-0.4, -0.2) is 22.2 Å². The highest BCUT2D eigenvalue weighted by molar-refractivity contribution is 6.35. The van der Waals surface area contributed by atoms with Crippen LogP contribution in [0.1, 0.15) is 22.7 Å². The van der Waals surface area contributed by atoms with Gasteiger partial charge in [0.2, 0.25) is 0 Å². The van der Waals surface area contributed by atoms with E-state index in [1.165, 1.54) is 0 Å². The van der Waals surface area contributed by atoms with Crippen LogP contribution in [0.5, 0.6) is 5.75 Å². The van der Waals surface area contributed by atoms with Gasteiger partial charge in [-0.2, -0.15) is 5.10 Å². The van der Waals surface area contributed by atoms with E-state index in [0.717, 1.165) is 13.0 Å². The number of benzene rings is 1. The summed E-state index contributed by atoms with van der Waals surface area (Å²) in [5.41, 5.74) is 0. The highest BCUT2D eigenvalue weighted by Gasteiger charge is 2.11. The van der Waals surface area contributed by atoms with Crippen molar-refractivity contribution < 1.29 is 13.9 Å². The second kappa shape index (κ2) is 8.78. The number of nitrogens with one attached hydrogen (secondary N) is 1. The van der Waals surface area contributed by atoms with Crippen LogP contribution in [-0.2, 0) is 13.2 Å². The summed E-state index contributed by atoms with van der Waals surface area (Å²) < 4.78 is 12.9. The average molecular weight is 394 g/mol. The minimum atomic E-state index is -0.263. The van der Waals surface area contributed by atoms with Gasteiger partial charge >= 0.3 is 0 Å². The molecule has 0 aliphatic heterocycles. The molecule has 8 heteroatoms. The molecule has 2 heterocycles. The number of halogens is 2. The van der Waals surface area contributed by atoms with E-state index in [1.807, 2.05) is 16.9 Å². The molecule has 6 nitrogen and oxygen atoms in total. The zero-order chi connectivity index (χ0) is 18.4. The van der Waals surface area contributed by atoms with Gasteiger partial charge in [0.1, 0.15) is 18.1 Å². The van der Waals surface area contributed by atoms with Crippen LogP contribution in [0, 0.1) is 0 Å². The van der Waals surface area contributed by atoms with Crippen molar-refractivity contribution in [3.05, 3.63) is 70.4 Å². The lowest BCUT2D eigenvalue weighted by atomic mass is 10.3. The lowest BCUT2D eigenvalue weighted by Gasteiger charge is -2.06. The number of aryl methyl sites for hydroxylation is 1. The Kier molecular flexibility index (Phi) is 6.20. The van der Waals surface area contributed by atoms with Gasteiger partial charge in [-0.15, -0.1) is 0 Å². The lowest BCUT2D eigenvalue weighted by molar-refractivity contribution is 0.0921. The fraction of sp³-hybridized carbons (Fsp3) is 0.222. The van der Waals surface area contributed by atoms with E-state index in [9.17, 15) is 4.79 Å². The van der Waals surface area contributed by atoms with E-state index in [4.69, 9.17) is 32.4 Å². The molecule has 0 atom stereocenters. The quantitative estimate of drug-likeness (QED) is 0.582. The van der Waals surface area contributed by atoms with Crippen LogP contribution >= 0.6 is 23.2 Å². The van der Waals surface area contributed by atoms with Crippen molar-refractivity contribution in [2.45, 2.75) is 19.6 Å². The zero-order valence-electron chi connectivity index (χ0n) is 13.8. The van der Waals surface area contributed by atoms with E-state index in [2.05, 4.69) is 10.4 Å². The molecule has 136 valence electrons. The highest BCUT2D eigenvalue weighted by atomic mass is 35.5. The maximum absolute atomic E-state index is 12.1. The predicted molar refractivity (Wildman–Crippen MR) is 98.7 cm³/mol. The molecule has 0 fully saturated rings. The molecule has 26 heavy (non-hydrogen) atoms. The molecule has 1 N–H and O–H groups in total. The van der Waals surface area contributed by atoms with Gasteiger partial charge in [-0.05, 0) is 42.8 Å². The number of aromatic nitrogens is 2. The summed E-state index contributed by atoms with van der Waals surface area (Å²) in [4.78, 5) is 12.1. The second-order valence-corrected chi connectivity index (χ2v) is 6.35. The summed E-state index contributed by atoms with van der Waals surface area (Å²) in [6, 6.07) is 10.1. The van der Waals surface area contributed by atoms with Crippen LogP contribution in [0.3, 0.4) is 0 Å². The van der Waals surface area contributed by atoms with Gasteiger partial charge in [-0.25, -0.2) is 0 Å². The first kappa shape index (κ1) is 18.4. The normalized spacial score (nSPS) is 10.7. The monoisotopic (exact) mass is 393 g/mol. The van der Waals surface area contributed by atoms with Crippen molar-refractivity contribution in [3.63, 3.8) is 0 Å². The van der Waals surface area contributed by atoms with E-state index in [0.29, 0.717) is 28.1 Å². The summed E-state index contributed by atoms with van der Waals surface area (Å²) in [6.07, 6.45) is 4.38. The number of carbonyl (C=O) groups is 1. The van der Waals surface area contributed by atoms with Crippen molar-refractivity contribution in [1.29, 1.82) is 0 Å². The topological polar surface area (TPSA) is 69.3 Å². The molecular formula is C18H17Cl2N3O3.